The Morgan fingerprint density at radius 2 is 1.86 bits per heavy atom. The Balaban J connectivity index is 1.71. The van der Waals surface area contributed by atoms with Gasteiger partial charge < -0.3 is 20.5 Å². The Kier molecular flexibility index (Phi) is 5.62. The van der Waals surface area contributed by atoms with E-state index in [1.807, 2.05) is 24.3 Å². The Morgan fingerprint density at radius 3 is 2.43 bits per heavy atom. The van der Waals surface area contributed by atoms with Crippen LogP contribution >= 0.6 is 0 Å². The van der Waals surface area contributed by atoms with Crippen LogP contribution in [0.5, 0.6) is 5.75 Å². The van der Waals surface area contributed by atoms with Crippen LogP contribution in [0.25, 0.3) is 0 Å². The number of β-amino-alcohol motifs (C(OH)–C–C–N with tert-alkyl or cyclic N) is 1. The van der Waals surface area contributed by atoms with Gasteiger partial charge in [0, 0.05) is 13.1 Å². The molecular weight excluding hydrogens is 264 g/mol. The molecule has 1 atom stereocenters. The quantitative estimate of drug-likeness (QED) is 0.842. The summed E-state index contributed by atoms with van der Waals surface area (Å²) in [4.78, 5) is 2.33. The van der Waals surface area contributed by atoms with Crippen LogP contribution in [0, 0.1) is 5.41 Å². The molecule has 1 aromatic carbocycles. The highest BCUT2D eigenvalue weighted by Gasteiger charge is 2.26. The van der Waals surface area contributed by atoms with E-state index in [1.165, 1.54) is 12.8 Å². The molecule has 4 nitrogen and oxygen atoms in total. The third kappa shape index (κ3) is 5.30. The van der Waals surface area contributed by atoms with Crippen LogP contribution < -0.4 is 10.5 Å². The lowest BCUT2D eigenvalue weighted by Crippen LogP contribution is -2.42. The molecule has 2 rings (SSSR count). The summed E-state index contributed by atoms with van der Waals surface area (Å²) in [7, 11) is 0. The molecule has 118 valence electrons. The van der Waals surface area contributed by atoms with Gasteiger partial charge in [0.2, 0.25) is 0 Å². The van der Waals surface area contributed by atoms with Crippen molar-refractivity contribution in [2.24, 2.45) is 11.1 Å². The minimum Gasteiger partial charge on any atom is -0.491 e. The summed E-state index contributed by atoms with van der Waals surface area (Å²) in [6.07, 6.45) is 1.95. The van der Waals surface area contributed by atoms with Crippen LogP contribution in [-0.2, 0) is 6.54 Å². The fourth-order valence-corrected chi connectivity index (χ4v) is 2.61. The Labute approximate surface area is 127 Å². The lowest BCUT2D eigenvalue weighted by molar-refractivity contribution is 0.0442. The third-order valence-electron chi connectivity index (χ3n) is 4.28. The first-order valence-electron chi connectivity index (χ1n) is 7.81. The first-order valence-corrected chi connectivity index (χ1v) is 7.81. The molecule has 1 unspecified atom stereocenters. The van der Waals surface area contributed by atoms with E-state index in [1.54, 1.807) is 0 Å². The summed E-state index contributed by atoms with van der Waals surface area (Å²) in [6, 6.07) is 7.71. The highest BCUT2D eigenvalue weighted by Crippen LogP contribution is 2.29. The Bertz CT molecular complexity index is 421. The van der Waals surface area contributed by atoms with Gasteiger partial charge in [-0.2, -0.15) is 0 Å². The molecule has 4 heteroatoms. The lowest BCUT2D eigenvalue weighted by Gasteiger charge is -2.37. The van der Waals surface area contributed by atoms with Crippen molar-refractivity contribution < 1.29 is 9.84 Å². The molecule has 0 aliphatic carbocycles. The molecule has 0 amide bonds. The van der Waals surface area contributed by atoms with Gasteiger partial charge in [-0.1, -0.05) is 26.0 Å². The van der Waals surface area contributed by atoms with Crippen LogP contribution in [0.2, 0.25) is 0 Å². The molecule has 1 heterocycles. The topological polar surface area (TPSA) is 58.7 Å². The Hall–Kier alpha value is -1.10. The van der Waals surface area contributed by atoms with Crippen molar-refractivity contribution in [3.8, 4) is 5.75 Å². The number of aliphatic hydroxyl groups is 1. The fourth-order valence-electron chi connectivity index (χ4n) is 2.61. The monoisotopic (exact) mass is 292 g/mol. The van der Waals surface area contributed by atoms with Gasteiger partial charge in [-0.3, -0.25) is 0 Å². The number of rotatable bonds is 6. The van der Waals surface area contributed by atoms with E-state index in [4.69, 9.17) is 10.5 Å². The number of likely N-dealkylation sites (tertiary alicyclic amines) is 1. The molecule has 0 spiro atoms. The standard InChI is InChI=1S/C17H28N2O2/c1-17(2)7-9-19(10-8-17)12-15(20)13-21-16-5-3-14(11-18)4-6-16/h3-6,15,20H,7-13,18H2,1-2H3. The van der Waals surface area contributed by atoms with Crippen molar-refractivity contribution in [3.63, 3.8) is 0 Å². The number of benzene rings is 1. The van der Waals surface area contributed by atoms with Gasteiger partial charge in [0.25, 0.3) is 0 Å². The van der Waals surface area contributed by atoms with Gasteiger partial charge in [-0.15, -0.1) is 0 Å². The molecule has 1 aromatic rings. The minimum atomic E-state index is -0.444. The number of nitrogens with zero attached hydrogens (tertiary/aromatic N) is 1. The van der Waals surface area contributed by atoms with E-state index in [0.717, 1.165) is 24.4 Å². The molecule has 0 radical (unpaired) electrons. The largest absolute Gasteiger partial charge is 0.491 e. The van der Waals surface area contributed by atoms with Crippen molar-refractivity contribution in [1.82, 2.24) is 4.90 Å². The number of ether oxygens (including phenoxy) is 1. The molecule has 0 bridgehead atoms. The summed E-state index contributed by atoms with van der Waals surface area (Å²) in [5.41, 5.74) is 7.09. The first-order chi connectivity index (χ1) is 9.98. The zero-order valence-electron chi connectivity index (χ0n) is 13.2. The summed E-state index contributed by atoms with van der Waals surface area (Å²) >= 11 is 0. The zero-order valence-corrected chi connectivity index (χ0v) is 13.2. The highest BCUT2D eigenvalue weighted by molar-refractivity contribution is 5.27. The molecule has 1 fully saturated rings. The summed E-state index contributed by atoms with van der Waals surface area (Å²) < 4.78 is 5.63. The molecule has 1 aliphatic heterocycles. The van der Waals surface area contributed by atoms with Crippen molar-refractivity contribution in [2.45, 2.75) is 39.3 Å². The van der Waals surface area contributed by atoms with Gasteiger partial charge in [0.05, 0.1) is 0 Å². The van der Waals surface area contributed by atoms with E-state index < -0.39 is 6.10 Å². The number of hydrogen-bond acceptors (Lipinski definition) is 4. The number of hydrogen-bond donors (Lipinski definition) is 2. The van der Waals surface area contributed by atoms with Crippen LogP contribution in [-0.4, -0.2) is 42.4 Å². The predicted octanol–water partition coefficient (Wildman–Crippen LogP) is 2.01. The second-order valence-electron chi connectivity index (χ2n) is 6.78. The van der Waals surface area contributed by atoms with E-state index in [0.29, 0.717) is 25.1 Å². The first kappa shape index (κ1) is 16.3. The number of aliphatic hydroxyl groups excluding tert-OH is 1. The molecule has 0 saturated carbocycles. The lowest BCUT2D eigenvalue weighted by atomic mass is 9.82. The third-order valence-corrected chi connectivity index (χ3v) is 4.28. The summed E-state index contributed by atoms with van der Waals surface area (Å²) in [5, 5.41) is 10.1. The van der Waals surface area contributed by atoms with E-state index in [2.05, 4.69) is 18.7 Å². The molecule has 0 aromatic heterocycles. The fraction of sp³-hybridized carbons (Fsp3) is 0.647. The summed E-state index contributed by atoms with van der Waals surface area (Å²) in [5.74, 6) is 0.783. The number of piperidine rings is 1. The molecular formula is C17H28N2O2. The number of nitrogens with two attached hydrogens (primary N) is 1. The van der Waals surface area contributed by atoms with Crippen molar-refractivity contribution in [2.75, 3.05) is 26.2 Å². The predicted molar refractivity (Wildman–Crippen MR) is 85.3 cm³/mol. The van der Waals surface area contributed by atoms with E-state index in [-0.39, 0.29) is 0 Å². The maximum atomic E-state index is 10.1. The van der Waals surface area contributed by atoms with Crippen LogP contribution in [0.3, 0.4) is 0 Å². The SMILES string of the molecule is CC1(C)CCN(CC(O)COc2ccc(CN)cc2)CC1. The van der Waals surface area contributed by atoms with Gasteiger partial charge >= 0.3 is 0 Å². The molecule has 1 saturated heterocycles. The smallest absolute Gasteiger partial charge is 0.119 e. The summed E-state index contributed by atoms with van der Waals surface area (Å²) in [6.45, 7) is 8.32. The van der Waals surface area contributed by atoms with Gasteiger partial charge in [-0.25, -0.2) is 0 Å². The van der Waals surface area contributed by atoms with Crippen molar-refractivity contribution >= 4 is 0 Å². The van der Waals surface area contributed by atoms with Crippen LogP contribution in [0.4, 0.5) is 0 Å². The molecule has 21 heavy (non-hydrogen) atoms. The second kappa shape index (κ2) is 7.25. The van der Waals surface area contributed by atoms with Gasteiger partial charge in [0.15, 0.2) is 0 Å². The van der Waals surface area contributed by atoms with E-state index >= 15 is 0 Å². The zero-order chi connectivity index (χ0) is 15.3. The average molecular weight is 292 g/mol. The maximum absolute atomic E-state index is 10.1. The second-order valence-corrected chi connectivity index (χ2v) is 6.78. The van der Waals surface area contributed by atoms with Gasteiger partial charge in [0.1, 0.15) is 18.5 Å². The molecule has 3 N–H and O–H groups in total. The van der Waals surface area contributed by atoms with Gasteiger partial charge in [-0.05, 0) is 49.0 Å². The average Bonchev–Trinajstić information content (AvgIpc) is 2.48. The minimum absolute atomic E-state index is 0.335. The Morgan fingerprint density at radius 1 is 1.24 bits per heavy atom. The maximum Gasteiger partial charge on any atom is 0.119 e. The normalized spacial score (nSPS) is 20.2. The molecule has 1 aliphatic rings. The van der Waals surface area contributed by atoms with Crippen molar-refractivity contribution in [3.05, 3.63) is 29.8 Å². The van der Waals surface area contributed by atoms with E-state index in [9.17, 15) is 5.11 Å². The van der Waals surface area contributed by atoms with Crippen LogP contribution in [0.15, 0.2) is 24.3 Å². The van der Waals surface area contributed by atoms with Crippen molar-refractivity contribution in [1.29, 1.82) is 0 Å². The highest BCUT2D eigenvalue weighted by atomic mass is 16.5. The van der Waals surface area contributed by atoms with Crippen LogP contribution in [0.1, 0.15) is 32.3 Å².